The number of carbonyl (C=O) groups is 2. The number of amides is 2. The van der Waals surface area contributed by atoms with Crippen LogP contribution in [0, 0.1) is 5.92 Å². The molecule has 2 bridgehead atoms. The maximum Gasteiger partial charge on any atom is 0.226 e. The fourth-order valence-electron chi connectivity index (χ4n) is 4.98. The lowest BCUT2D eigenvalue weighted by Gasteiger charge is -2.36. The van der Waals surface area contributed by atoms with E-state index in [9.17, 15) is 9.59 Å². The second-order valence-electron chi connectivity index (χ2n) is 8.26. The summed E-state index contributed by atoms with van der Waals surface area (Å²) in [5, 5.41) is 3.47. The summed E-state index contributed by atoms with van der Waals surface area (Å²) in [5.74, 6) is 0.677. The fraction of sp³-hybridized carbons (Fsp3) is 0.636. The van der Waals surface area contributed by atoms with E-state index in [0.29, 0.717) is 24.4 Å². The van der Waals surface area contributed by atoms with Crippen LogP contribution in [0.5, 0.6) is 0 Å². The number of nitrogens with zero attached hydrogens (tertiary/aromatic N) is 2. The van der Waals surface area contributed by atoms with Crippen molar-refractivity contribution in [3.8, 4) is 0 Å². The van der Waals surface area contributed by atoms with Gasteiger partial charge in [0.05, 0.1) is 0 Å². The van der Waals surface area contributed by atoms with Crippen LogP contribution in [0.15, 0.2) is 30.3 Å². The second kappa shape index (κ2) is 9.75. The van der Waals surface area contributed by atoms with Crippen LogP contribution < -0.4 is 5.32 Å². The summed E-state index contributed by atoms with van der Waals surface area (Å²) in [4.78, 5) is 29.8. The van der Waals surface area contributed by atoms with Gasteiger partial charge in [-0.2, -0.15) is 0 Å². The van der Waals surface area contributed by atoms with Gasteiger partial charge in [-0.05, 0) is 50.6 Å². The number of nitrogens with one attached hydrogen (secondary N) is 1. The van der Waals surface area contributed by atoms with E-state index >= 15 is 0 Å². The zero-order valence-corrected chi connectivity index (χ0v) is 17.3. The second-order valence-corrected chi connectivity index (χ2v) is 8.26. The molecule has 0 aliphatic carbocycles. The molecule has 1 aromatic rings. The first kappa shape index (κ1) is 21.1. The van der Waals surface area contributed by atoms with Gasteiger partial charge in [-0.15, -0.1) is 12.4 Å². The van der Waals surface area contributed by atoms with Gasteiger partial charge in [0.25, 0.3) is 0 Å². The van der Waals surface area contributed by atoms with Gasteiger partial charge in [-0.1, -0.05) is 30.3 Å². The molecule has 0 spiro atoms. The van der Waals surface area contributed by atoms with Crippen LogP contribution in [0.2, 0.25) is 0 Å². The van der Waals surface area contributed by atoms with Crippen LogP contribution in [0.4, 0.5) is 0 Å². The average Bonchev–Trinajstić information content (AvgIpc) is 2.99. The molecule has 0 radical (unpaired) electrons. The van der Waals surface area contributed by atoms with E-state index < -0.39 is 0 Å². The van der Waals surface area contributed by atoms with E-state index in [2.05, 4.69) is 22.3 Å². The van der Waals surface area contributed by atoms with Crippen molar-refractivity contribution >= 4 is 24.2 Å². The molecule has 154 valence electrons. The standard InChI is InChI=1S/C22H31N3O2.ClH/c26-21(9-6-17-4-2-1-3-5-17)24-14-11-18(12-15-24)22(27)25-19-7-8-20(25)16-23-13-10-19;/h1-5,18-20,23H,6-16H2;1H. The molecular formula is C22H32ClN3O2. The summed E-state index contributed by atoms with van der Waals surface area (Å²) in [5.41, 5.74) is 1.21. The molecule has 2 atom stereocenters. The number of likely N-dealkylation sites (tertiary alicyclic amines) is 1. The van der Waals surface area contributed by atoms with Crippen LogP contribution in [0.3, 0.4) is 0 Å². The summed E-state index contributed by atoms with van der Waals surface area (Å²) in [6.07, 6.45) is 6.37. The largest absolute Gasteiger partial charge is 0.343 e. The number of rotatable bonds is 4. The predicted molar refractivity (Wildman–Crippen MR) is 112 cm³/mol. The van der Waals surface area contributed by atoms with Gasteiger partial charge in [0.15, 0.2) is 0 Å². The third-order valence-electron chi connectivity index (χ3n) is 6.58. The highest BCUT2D eigenvalue weighted by Crippen LogP contribution is 2.31. The lowest BCUT2D eigenvalue weighted by molar-refractivity contribution is -0.142. The van der Waals surface area contributed by atoms with Gasteiger partial charge in [-0.3, -0.25) is 9.59 Å². The topological polar surface area (TPSA) is 52.7 Å². The third kappa shape index (κ3) is 4.69. The summed E-state index contributed by atoms with van der Waals surface area (Å²) < 4.78 is 0. The Balaban J connectivity index is 0.00000225. The van der Waals surface area contributed by atoms with E-state index in [1.165, 1.54) is 5.56 Å². The number of hydrogen-bond acceptors (Lipinski definition) is 3. The normalized spacial score (nSPS) is 25.1. The van der Waals surface area contributed by atoms with Crippen LogP contribution >= 0.6 is 12.4 Å². The Morgan fingerprint density at radius 3 is 2.43 bits per heavy atom. The molecule has 5 nitrogen and oxygen atoms in total. The number of fused-ring (bicyclic) bond motifs is 2. The van der Waals surface area contributed by atoms with Crippen LogP contribution in [0.25, 0.3) is 0 Å². The summed E-state index contributed by atoms with van der Waals surface area (Å²) in [6.45, 7) is 3.43. The Bertz CT molecular complexity index is 647. The molecule has 28 heavy (non-hydrogen) atoms. The summed E-state index contributed by atoms with van der Waals surface area (Å²) in [7, 11) is 0. The van der Waals surface area contributed by atoms with Crippen LogP contribution in [-0.4, -0.2) is 59.9 Å². The average molecular weight is 406 g/mol. The van der Waals surface area contributed by atoms with Crippen molar-refractivity contribution in [3.05, 3.63) is 35.9 Å². The van der Waals surface area contributed by atoms with Gasteiger partial charge >= 0.3 is 0 Å². The molecule has 6 heteroatoms. The number of piperidine rings is 1. The molecule has 2 unspecified atom stereocenters. The zero-order valence-electron chi connectivity index (χ0n) is 16.5. The third-order valence-corrected chi connectivity index (χ3v) is 6.58. The fourth-order valence-corrected chi connectivity index (χ4v) is 4.98. The van der Waals surface area contributed by atoms with E-state index in [-0.39, 0.29) is 24.2 Å². The van der Waals surface area contributed by atoms with Gasteiger partial charge in [-0.25, -0.2) is 0 Å². The number of benzene rings is 1. The first-order chi connectivity index (χ1) is 13.2. The highest BCUT2D eigenvalue weighted by atomic mass is 35.5. The zero-order chi connectivity index (χ0) is 18.6. The van der Waals surface area contributed by atoms with E-state index in [0.717, 1.165) is 64.7 Å². The van der Waals surface area contributed by atoms with E-state index in [4.69, 9.17) is 0 Å². The van der Waals surface area contributed by atoms with Gasteiger partial charge < -0.3 is 15.1 Å². The van der Waals surface area contributed by atoms with Gasteiger partial charge in [0.2, 0.25) is 11.8 Å². The van der Waals surface area contributed by atoms with Crippen molar-refractivity contribution in [1.29, 1.82) is 0 Å². The van der Waals surface area contributed by atoms with Crippen LogP contribution in [0.1, 0.15) is 44.1 Å². The lowest BCUT2D eigenvalue weighted by Crippen LogP contribution is -2.48. The molecule has 2 amide bonds. The molecule has 3 aliphatic heterocycles. The van der Waals surface area contributed by atoms with Crippen molar-refractivity contribution in [2.75, 3.05) is 26.2 Å². The SMILES string of the molecule is Cl.O=C(CCc1ccccc1)N1CCC(C(=O)N2C3CCNCC2CC3)CC1. The molecule has 3 aliphatic rings. The Labute approximate surface area is 174 Å². The molecule has 3 saturated heterocycles. The minimum absolute atomic E-state index is 0. The molecule has 1 aromatic carbocycles. The van der Waals surface area contributed by atoms with E-state index in [1.54, 1.807) is 0 Å². The maximum absolute atomic E-state index is 13.1. The van der Waals surface area contributed by atoms with Crippen molar-refractivity contribution in [2.45, 2.75) is 57.0 Å². The summed E-state index contributed by atoms with van der Waals surface area (Å²) >= 11 is 0. The van der Waals surface area contributed by atoms with Crippen LogP contribution in [-0.2, 0) is 16.0 Å². The molecule has 4 rings (SSSR count). The number of hydrogen-bond donors (Lipinski definition) is 1. The van der Waals surface area contributed by atoms with E-state index in [1.807, 2.05) is 23.1 Å². The first-order valence-corrected chi connectivity index (χ1v) is 10.6. The molecule has 3 heterocycles. The van der Waals surface area contributed by atoms with Crippen molar-refractivity contribution in [1.82, 2.24) is 15.1 Å². The Hall–Kier alpha value is -1.59. The molecular weight excluding hydrogens is 374 g/mol. The van der Waals surface area contributed by atoms with Crippen molar-refractivity contribution in [2.24, 2.45) is 5.92 Å². The number of carbonyl (C=O) groups excluding carboxylic acids is 2. The number of aryl methyl sites for hydroxylation is 1. The highest BCUT2D eigenvalue weighted by Gasteiger charge is 2.41. The molecule has 0 saturated carbocycles. The van der Waals surface area contributed by atoms with Crippen molar-refractivity contribution in [3.63, 3.8) is 0 Å². The molecule has 3 fully saturated rings. The minimum atomic E-state index is 0. The van der Waals surface area contributed by atoms with Gasteiger partial charge in [0.1, 0.15) is 0 Å². The minimum Gasteiger partial charge on any atom is -0.343 e. The Morgan fingerprint density at radius 1 is 0.964 bits per heavy atom. The Morgan fingerprint density at radius 2 is 1.68 bits per heavy atom. The number of halogens is 1. The summed E-state index contributed by atoms with van der Waals surface area (Å²) in [6, 6.07) is 11.0. The first-order valence-electron chi connectivity index (χ1n) is 10.6. The quantitative estimate of drug-likeness (QED) is 0.837. The maximum atomic E-state index is 13.1. The molecule has 1 N–H and O–H groups in total. The van der Waals surface area contributed by atoms with Crippen molar-refractivity contribution < 1.29 is 9.59 Å². The Kier molecular flexibility index (Phi) is 7.36. The smallest absolute Gasteiger partial charge is 0.226 e. The molecule has 0 aromatic heterocycles. The predicted octanol–water partition coefficient (Wildman–Crippen LogP) is 2.63. The van der Waals surface area contributed by atoms with Gasteiger partial charge in [0, 0.05) is 44.1 Å². The lowest BCUT2D eigenvalue weighted by atomic mass is 9.94. The highest BCUT2D eigenvalue weighted by molar-refractivity contribution is 5.85. The monoisotopic (exact) mass is 405 g/mol.